The zero-order valence-corrected chi connectivity index (χ0v) is 20.5. The first-order valence-corrected chi connectivity index (χ1v) is 11.8. The fraction of sp³-hybridized carbons (Fsp3) is 0.444. The largest absolute Gasteiger partial charge is 0.439 e. The van der Waals surface area contributed by atoms with Gasteiger partial charge in [0.25, 0.3) is 0 Å². The number of ether oxygens (including phenoxy) is 2. The van der Waals surface area contributed by atoms with E-state index in [4.69, 9.17) is 14.6 Å². The summed E-state index contributed by atoms with van der Waals surface area (Å²) in [5.74, 6) is 1.48. The summed E-state index contributed by atoms with van der Waals surface area (Å²) in [5.41, 5.74) is 4.01. The van der Waals surface area contributed by atoms with Crippen molar-refractivity contribution in [2.75, 3.05) is 19.8 Å². The monoisotopic (exact) mass is 451 g/mol. The Hall–Kier alpha value is -2.67. The average molecular weight is 452 g/mol. The predicted octanol–water partition coefficient (Wildman–Crippen LogP) is 5.28. The van der Waals surface area contributed by atoms with Crippen molar-refractivity contribution in [3.05, 3.63) is 71.4 Å². The molecular formula is C27H37N3O3. The first-order chi connectivity index (χ1) is 15.9. The number of benzene rings is 2. The summed E-state index contributed by atoms with van der Waals surface area (Å²) in [6.07, 6.45) is 0.422. The molecule has 0 spiro atoms. The van der Waals surface area contributed by atoms with E-state index in [2.05, 4.69) is 31.7 Å². The van der Waals surface area contributed by atoms with Gasteiger partial charge in [-0.25, -0.2) is 4.68 Å². The number of rotatable bonds is 12. The van der Waals surface area contributed by atoms with E-state index in [1.54, 1.807) is 0 Å². The van der Waals surface area contributed by atoms with E-state index >= 15 is 0 Å². The van der Waals surface area contributed by atoms with E-state index in [9.17, 15) is 5.11 Å². The first-order valence-electron chi connectivity index (χ1n) is 11.8. The SMILES string of the molecule is CCOC[C@@H](O)CN(Cc1c(C)nn(-c2ccccc2)c1Oc1cccc(C)c1)[C@@H](C)CC. The molecule has 0 aliphatic rings. The smallest absolute Gasteiger partial charge is 0.227 e. The molecule has 0 saturated carbocycles. The number of aliphatic hydroxyl groups excluding tert-OH is 1. The molecule has 2 atom stereocenters. The Morgan fingerprint density at radius 1 is 1.06 bits per heavy atom. The van der Waals surface area contributed by atoms with Crippen LogP contribution in [0.3, 0.4) is 0 Å². The molecule has 0 unspecified atom stereocenters. The van der Waals surface area contributed by atoms with Gasteiger partial charge in [-0.05, 0) is 63.9 Å². The van der Waals surface area contributed by atoms with Gasteiger partial charge in [0.05, 0.1) is 29.7 Å². The lowest BCUT2D eigenvalue weighted by atomic mass is 10.1. The first kappa shape index (κ1) is 25.0. The molecule has 0 radical (unpaired) electrons. The second-order valence-electron chi connectivity index (χ2n) is 8.54. The van der Waals surface area contributed by atoms with Gasteiger partial charge in [0.1, 0.15) is 5.75 Å². The van der Waals surface area contributed by atoms with Crippen molar-refractivity contribution in [3.8, 4) is 17.3 Å². The van der Waals surface area contributed by atoms with Crippen LogP contribution in [0, 0.1) is 13.8 Å². The molecule has 3 rings (SSSR count). The molecule has 6 heteroatoms. The van der Waals surface area contributed by atoms with E-state index in [-0.39, 0.29) is 6.04 Å². The molecule has 0 amide bonds. The van der Waals surface area contributed by atoms with E-state index in [1.807, 2.05) is 67.1 Å². The standard InChI is InChI=1S/C27H37N3O3/c1-6-21(4)29(17-24(31)19-32-7-2)18-26-22(5)28-30(23-13-9-8-10-14-23)27(26)33-25-15-11-12-20(3)16-25/h8-16,21,24,31H,6-7,17-19H2,1-5H3/t21-,24-/m0/s1. The Kier molecular flexibility index (Phi) is 9.06. The summed E-state index contributed by atoms with van der Waals surface area (Å²) in [7, 11) is 0. The van der Waals surface area contributed by atoms with Crippen LogP contribution < -0.4 is 4.74 Å². The van der Waals surface area contributed by atoms with E-state index in [0.29, 0.717) is 32.2 Å². The molecule has 0 fully saturated rings. The highest BCUT2D eigenvalue weighted by atomic mass is 16.5. The predicted molar refractivity (Wildman–Crippen MR) is 132 cm³/mol. The Balaban J connectivity index is 1.99. The van der Waals surface area contributed by atoms with Crippen LogP contribution in [0.1, 0.15) is 44.0 Å². The van der Waals surface area contributed by atoms with Gasteiger partial charge in [-0.3, -0.25) is 4.90 Å². The highest BCUT2D eigenvalue weighted by Crippen LogP contribution is 2.32. The second-order valence-corrected chi connectivity index (χ2v) is 8.54. The average Bonchev–Trinajstić information content (AvgIpc) is 3.12. The van der Waals surface area contributed by atoms with Gasteiger partial charge in [-0.15, -0.1) is 0 Å². The van der Waals surface area contributed by atoms with E-state index < -0.39 is 6.10 Å². The number of hydrogen-bond donors (Lipinski definition) is 1. The molecule has 0 saturated heterocycles. The van der Waals surface area contributed by atoms with Gasteiger partial charge >= 0.3 is 0 Å². The number of hydrogen-bond acceptors (Lipinski definition) is 5. The van der Waals surface area contributed by atoms with Gasteiger partial charge in [0, 0.05) is 25.7 Å². The van der Waals surface area contributed by atoms with Crippen LogP contribution in [-0.2, 0) is 11.3 Å². The van der Waals surface area contributed by atoms with Crippen LogP contribution in [-0.4, -0.2) is 51.7 Å². The van der Waals surface area contributed by atoms with Crippen LogP contribution in [0.2, 0.25) is 0 Å². The Morgan fingerprint density at radius 2 is 1.82 bits per heavy atom. The number of aromatic nitrogens is 2. The topological polar surface area (TPSA) is 59.8 Å². The maximum absolute atomic E-state index is 10.5. The molecule has 1 aromatic heterocycles. The fourth-order valence-electron chi connectivity index (χ4n) is 3.80. The molecule has 1 N–H and O–H groups in total. The zero-order valence-electron chi connectivity index (χ0n) is 20.5. The summed E-state index contributed by atoms with van der Waals surface area (Å²) in [6, 6.07) is 18.4. The van der Waals surface area contributed by atoms with Crippen LogP contribution >= 0.6 is 0 Å². The lowest BCUT2D eigenvalue weighted by Crippen LogP contribution is -2.40. The molecule has 6 nitrogen and oxygen atoms in total. The molecule has 0 aliphatic carbocycles. The van der Waals surface area contributed by atoms with Crippen molar-refractivity contribution >= 4 is 0 Å². The van der Waals surface area contributed by atoms with Crippen molar-refractivity contribution in [3.63, 3.8) is 0 Å². The van der Waals surface area contributed by atoms with Crippen LogP contribution in [0.15, 0.2) is 54.6 Å². The van der Waals surface area contributed by atoms with Crippen LogP contribution in [0.4, 0.5) is 0 Å². The van der Waals surface area contributed by atoms with Gasteiger partial charge < -0.3 is 14.6 Å². The highest BCUT2D eigenvalue weighted by molar-refractivity contribution is 5.43. The van der Waals surface area contributed by atoms with Crippen LogP contribution in [0.25, 0.3) is 5.69 Å². The third-order valence-electron chi connectivity index (χ3n) is 5.88. The van der Waals surface area contributed by atoms with Gasteiger partial charge in [0.2, 0.25) is 5.88 Å². The molecular weight excluding hydrogens is 414 g/mol. The maximum Gasteiger partial charge on any atom is 0.227 e. The quantitative estimate of drug-likeness (QED) is 0.406. The number of aliphatic hydroxyl groups is 1. The molecule has 0 bridgehead atoms. The second kappa shape index (κ2) is 12.0. The minimum absolute atomic E-state index is 0.285. The minimum atomic E-state index is -0.551. The van der Waals surface area contributed by atoms with Crippen molar-refractivity contribution in [1.29, 1.82) is 0 Å². The third kappa shape index (κ3) is 6.67. The van der Waals surface area contributed by atoms with Gasteiger partial charge in [-0.2, -0.15) is 5.10 Å². The Morgan fingerprint density at radius 3 is 2.48 bits per heavy atom. The number of aryl methyl sites for hydroxylation is 2. The molecule has 1 heterocycles. The zero-order chi connectivity index (χ0) is 23.8. The van der Waals surface area contributed by atoms with E-state index in [0.717, 1.165) is 34.7 Å². The highest BCUT2D eigenvalue weighted by Gasteiger charge is 2.24. The Labute approximate surface area is 197 Å². The molecule has 178 valence electrons. The summed E-state index contributed by atoms with van der Waals surface area (Å²) >= 11 is 0. The summed E-state index contributed by atoms with van der Waals surface area (Å²) in [4.78, 5) is 2.28. The van der Waals surface area contributed by atoms with Crippen molar-refractivity contribution in [1.82, 2.24) is 14.7 Å². The van der Waals surface area contributed by atoms with E-state index in [1.165, 1.54) is 0 Å². The third-order valence-corrected chi connectivity index (χ3v) is 5.88. The maximum atomic E-state index is 10.5. The number of para-hydroxylation sites is 1. The van der Waals surface area contributed by atoms with Crippen molar-refractivity contribution in [2.24, 2.45) is 0 Å². The molecule has 33 heavy (non-hydrogen) atoms. The fourth-order valence-corrected chi connectivity index (χ4v) is 3.80. The van der Waals surface area contributed by atoms with Crippen molar-refractivity contribution < 1.29 is 14.6 Å². The van der Waals surface area contributed by atoms with Gasteiger partial charge in [-0.1, -0.05) is 37.3 Å². The molecule has 0 aliphatic heterocycles. The normalized spacial score (nSPS) is 13.3. The lowest BCUT2D eigenvalue weighted by Gasteiger charge is -2.30. The van der Waals surface area contributed by atoms with Gasteiger partial charge in [0.15, 0.2) is 0 Å². The molecule has 2 aromatic carbocycles. The molecule has 3 aromatic rings. The van der Waals surface area contributed by atoms with Crippen LogP contribution in [0.5, 0.6) is 11.6 Å². The summed E-state index contributed by atoms with van der Waals surface area (Å²) < 4.78 is 13.8. The number of nitrogens with zero attached hydrogens (tertiary/aromatic N) is 3. The lowest BCUT2D eigenvalue weighted by molar-refractivity contribution is 0.0111. The summed E-state index contributed by atoms with van der Waals surface area (Å²) in [5, 5.41) is 15.4. The summed E-state index contributed by atoms with van der Waals surface area (Å²) in [6.45, 7) is 12.4. The minimum Gasteiger partial charge on any atom is -0.439 e. The Bertz CT molecular complexity index is 1000. The van der Waals surface area contributed by atoms with Crippen molar-refractivity contribution in [2.45, 2.75) is 59.7 Å².